The first-order valence-electron chi connectivity index (χ1n) is 9.81. The molecule has 0 aromatic heterocycles. The van der Waals surface area contributed by atoms with Gasteiger partial charge >= 0.3 is 0 Å². The van der Waals surface area contributed by atoms with Gasteiger partial charge in [0.15, 0.2) is 0 Å². The first-order valence-corrected chi connectivity index (χ1v) is 11.7. The molecule has 7 nitrogen and oxygen atoms in total. The third kappa shape index (κ3) is 6.66. The summed E-state index contributed by atoms with van der Waals surface area (Å²) in [6.07, 6.45) is 1.76. The number of sulfonamides is 1. The van der Waals surface area contributed by atoms with Gasteiger partial charge in [0, 0.05) is 0 Å². The molecule has 2 aromatic rings. The first-order chi connectivity index (χ1) is 14.1. The first kappa shape index (κ1) is 23.5. The van der Waals surface area contributed by atoms with Crippen molar-refractivity contribution in [2.45, 2.75) is 39.3 Å². The Bertz CT molecular complexity index is 925. The number of carbonyl (C=O) groups is 1. The number of anilines is 1. The molecule has 8 heteroatoms. The van der Waals surface area contributed by atoms with Gasteiger partial charge in [-0.3, -0.25) is 9.10 Å². The summed E-state index contributed by atoms with van der Waals surface area (Å²) < 4.78 is 36.5. The lowest BCUT2D eigenvalue weighted by molar-refractivity contribution is -0.120. The van der Waals surface area contributed by atoms with Gasteiger partial charge in [-0.2, -0.15) is 0 Å². The number of methoxy groups -OCH3 is 1. The van der Waals surface area contributed by atoms with E-state index in [1.54, 1.807) is 31.4 Å². The van der Waals surface area contributed by atoms with E-state index in [1.165, 1.54) is 0 Å². The molecule has 0 aliphatic heterocycles. The Balaban J connectivity index is 2.14. The Hall–Kier alpha value is -2.74. The van der Waals surface area contributed by atoms with Gasteiger partial charge in [0.25, 0.3) is 0 Å². The molecule has 2 rings (SSSR count). The monoisotopic (exact) mass is 434 g/mol. The molecule has 0 saturated heterocycles. The summed E-state index contributed by atoms with van der Waals surface area (Å²) in [4.78, 5) is 12.7. The van der Waals surface area contributed by atoms with E-state index < -0.39 is 10.0 Å². The number of hydrogen-bond acceptors (Lipinski definition) is 5. The number of ether oxygens (including phenoxy) is 2. The lowest BCUT2D eigenvalue weighted by Crippen LogP contribution is -2.41. The van der Waals surface area contributed by atoms with E-state index in [9.17, 15) is 13.2 Å². The van der Waals surface area contributed by atoms with Gasteiger partial charge in [0.05, 0.1) is 31.2 Å². The van der Waals surface area contributed by atoms with Crippen LogP contribution in [-0.4, -0.2) is 40.3 Å². The molecule has 164 valence electrons. The summed E-state index contributed by atoms with van der Waals surface area (Å²) >= 11 is 0. The molecule has 1 amide bonds. The standard InChI is InChI=1S/C22H30N2O5S/c1-6-21(17-7-11-19(28-4)12-8-17)23-22(25)15-24(30(5,26)27)18-9-13-20(14-10-18)29-16(2)3/h7-14,16,21H,6,15H2,1-5H3,(H,23,25)/t21-/m0/s1. The molecular weight excluding hydrogens is 404 g/mol. The number of hydrogen-bond donors (Lipinski definition) is 1. The van der Waals surface area contributed by atoms with Gasteiger partial charge in [-0.05, 0) is 62.2 Å². The molecule has 0 fully saturated rings. The molecule has 0 aliphatic rings. The molecule has 0 bridgehead atoms. The van der Waals surface area contributed by atoms with Gasteiger partial charge in [-0.25, -0.2) is 8.42 Å². The fraction of sp³-hybridized carbons (Fsp3) is 0.409. The lowest BCUT2D eigenvalue weighted by atomic mass is 10.0. The average Bonchev–Trinajstić information content (AvgIpc) is 2.70. The van der Waals surface area contributed by atoms with Gasteiger partial charge in [0.2, 0.25) is 15.9 Å². The van der Waals surface area contributed by atoms with Crippen LogP contribution in [0, 0.1) is 0 Å². The van der Waals surface area contributed by atoms with Gasteiger partial charge in [-0.15, -0.1) is 0 Å². The van der Waals surface area contributed by atoms with E-state index >= 15 is 0 Å². The highest BCUT2D eigenvalue weighted by molar-refractivity contribution is 7.92. The minimum Gasteiger partial charge on any atom is -0.497 e. The van der Waals surface area contributed by atoms with Crippen LogP contribution in [0.1, 0.15) is 38.8 Å². The predicted molar refractivity (Wildman–Crippen MR) is 119 cm³/mol. The van der Waals surface area contributed by atoms with Crippen molar-refractivity contribution in [1.82, 2.24) is 5.32 Å². The highest BCUT2D eigenvalue weighted by Crippen LogP contribution is 2.23. The van der Waals surface area contributed by atoms with E-state index in [0.717, 1.165) is 21.9 Å². The summed E-state index contributed by atoms with van der Waals surface area (Å²) in [5.41, 5.74) is 1.33. The van der Waals surface area contributed by atoms with Crippen LogP contribution in [0.4, 0.5) is 5.69 Å². The Labute approximate surface area is 179 Å². The highest BCUT2D eigenvalue weighted by Gasteiger charge is 2.22. The summed E-state index contributed by atoms with van der Waals surface area (Å²) in [6.45, 7) is 5.47. The van der Waals surface area contributed by atoms with E-state index in [-0.39, 0.29) is 24.6 Å². The molecule has 1 N–H and O–H groups in total. The van der Waals surface area contributed by atoms with Crippen LogP contribution < -0.4 is 19.1 Å². The molecule has 0 unspecified atom stereocenters. The van der Waals surface area contributed by atoms with Gasteiger partial charge in [0.1, 0.15) is 18.0 Å². The molecule has 2 aromatic carbocycles. The maximum Gasteiger partial charge on any atom is 0.241 e. The Morgan fingerprint density at radius 3 is 2.07 bits per heavy atom. The van der Waals surface area contributed by atoms with Crippen LogP contribution in [0.2, 0.25) is 0 Å². The molecule has 1 atom stereocenters. The van der Waals surface area contributed by atoms with Crippen molar-refractivity contribution < 1.29 is 22.7 Å². The van der Waals surface area contributed by atoms with E-state index in [4.69, 9.17) is 9.47 Å². The second kappa shape index (κ2) is 10.3. The van der Waals surface area contributed by atoms with E-state index in [0.29, 0.717) is 17.9 Å². The van der Waals surface area contributed by atoms with Crippen molar-refractivity contribution in [3.63, 3.8) is 0 Å². The maximum absolute atomic E-state index is 12.7. The zero-order chi connectivity index (χ0) is 22.3. The van der Waals surface area contributed by atoms with Gasteiger partial charge < -0.3 is 14.8 Å². The lowest BCUT2D eigenvalue weighted by Gasteiger charge is -2.24. The quantitative estimate of drug-likeness (QED) is 0.618. The van der Waals surface area contributed by atoms with Crippen molar-refractivity contribution in [3.8, 4) is 11.5 Å². The Kier molecular flexibility index (Phi) is 8.11. The number of carbonyl (C=O) groups excluding carboxylic acids is 1. The fourth-order valence-corrected chi connectivity index (χ4v) is 3.85. The number of benzene rings is 2. The van der Waals surface area contributed by atoms with Crippen LogP contribution in [0.25, 0.3) is 0 Å². The zero-order valence-corrected chi connectivity index (χ0v) is 18.9. The van der Waals surface area contributed by atoms with Crippen molar-refractivity contribution in [2.24, 2.45) is 0 Å². The summed E-state index contributed by atoms with van der Waals surface area (Å²) in [5.74, 6) is 0.982. The van der Waals surface area contributed by atoms with Crippen LogP contribution in [-0.2, 0) is 14.8 Å². The SMILES string of the molecule is CC[C@H](NC(=O)CN(c1ccc(OC(C)C)cc1)S(C)(=O)=O)c1ccc(OC)cc1. The molecular formula is C22H30N2O5S. The second-order valence-corrected chi connectivity index (χ2v) is 9.14. The van der Waals surface area contributed by atoms with E-state index in [1.807, 2.05) is 45.0 Å². The van der Waals surface area contributed by atoms with Crippen LogP contribution in [0.5, 0.6) is 11.5 Å². The third-order valence-electron chi connectivity index (χ3n) is 4.45. The molecule has 0 saturated carbocycles. The fourth-order valence-electron chi connectivity index (χ4n) is 2.99. The average molecular weight is 435 g/mol. The summed E-state index contributed by atoms with van der Waals surface area (Å²) in [5, 5.41) is 2.92. The number of rotatable bonds is 10. The zero-order valence-electron chi connectivity index (χ0n) is 18.1. The molecule has 0 radical (unpaired) electrons. The number of nitrogens with zero attached hydrogens (tertiary/aromatic N) is 1. The van der Waals surface area contributed by atoms with Crippen molar-refractivity contribution in [1.29, 1.82) is 0 Å². The van der Waals surface area contributed by atoms with Crippen LogP contribution >= 0.6 is 0 Å². The predicted octanol–water partition coefficient (Wildman–Crippen LogP) is 3.52. The Morgan fingerprint density at radius 2 is 1.60 bits per heavy atom. The summed E-state index contributed by atoms with van der Waals surface area (Å²) in [7, 11) is -2.06. The minimum absolute atomic E-state index is 0.0107. The molecule has 0 aliphatic carbocycles. The van der Waals surface area contributed by atoms with Crippen molar-refractivity contribution >= 4 is 21.6 Å². The molecule has 0 heterocycles. The molecule has 30 heavy (non-hydrogen) atoms. The normalized spacial score (nSPS) is 12.3. The van der Waals surface area contributed by atoms with E-state index in [2.05, 4.69) is 5.32 Å². The van der Waals surface area contributed by atoms with Crippen molar-refractivity contribution in [2.75, 3.05) is 24.2 Å². The number of nitrogens with one attached hydrogen (secondary N) is 1. The number of amides is 1. The van der Waals surface area contributed by atoms with Crippen LogP contribution in [0.3, 0.4) is 0 Å². The maximum atomic E-state index is 12.7. The van der Waals surface area contributed by atoms with Gasteiger partial charge in [-0.1, -0.05) is 19.1 Å². The topological polar surface area (TPSA) is 84.9 Å². The largest absolute Gasteiger partial charge is 0.497 e. The smallest absolute Gasteiger partial charge is 0.241 e. The van der Waals surface area contributed by atoms with Crippen molar-refractivity contribution in [3.05, 3.63) is 54.1 Å². The van der Waals surface area contributed by atoms with Crippen LogP contribution in [0.15, 0.2) is 48.5 Å². The molecule has 0 spiro atoms. The third-order valence-corrected chi connectivity index (χ3v) is 5.59. The second-order valence-electron chi connectivity index (χ2n) is 7.23. The summed E-state index contributed by atoms with van der Waals surface area (Å²) in [6, 6.07) is 13.8. The minimum atomic E-state index is -3.65. The Morgan fingerprint density at radius 1 is 1.03 bits per heavy atom. The highest BCUT2D eigenvalue weighted by atomic mass is 32.2.